The van der Waals surface area contributed by atoms with E-state index < -0.39 is 11.9 Å². The molecule has 6 nitrogen and oxygen atoms in total. The van der Waals surface area contributed by atoms with Gasteiger partial charge in [0.05, 0.1) is 25.4 Å². The lowest BCUT2D eigenvalue weighted by atomic mass is 10.1. The minimum atomic E-state index is -0.910. The molecule has 0 aromatic carbocycles. The molecule has 0 spiro atoms. The zero-order valence-electron chi connectivity index (χ0n) is 8.56. The second-order valence-corrected chi connectivity index (χ2v) is 3.01. The van der Waals surface area contributed by atoms with Crippen LogP contribution in [-0.2, 0) is 23.0 Å². The van der Waals surface area contributed by atoms with E-state index >= 15 is 0 Å². The smallest absolute Gasteiger partial charge is 0.341 e. The molecule has 15 heavy (non-hydrogen) atoms. The fourth-order valence-corrected chi connectivity index (χ4v) is 1.27. The average Bonchev–Trinajstić information content (AvgIpc) is 2.55. The Morgan fingerprint density at radius 1 is 1.60 bits per heavy atom. The highest BCUT2D eigenvalue weighted by Crippen LogP contribution is 2.11. The Bertz CT molecular complexity index is 383. The van der Waals surface area contributed by atoms with Gasteiger partial charge in [0, 0.05) is 13.5 Å². The second kappa shape index (κ2) is 4.59. The number of carbonyl (C=O) groups is 2. The first-order valence-corrected chi connectivity index (χ1v) is 4.37. The normalized spacial score (nSPS) is 10.0. The van der Waals surface area contributed by atoms with Crippen molar-refractivity contribution in [2.45, 2.75) is 12.8 Å². The Morgan fingerprint density at radius 2 is 2.27 bits per heavy atom. The van der Waals surface area contributed by atoms with Crippen LogP contribution < -0.4 is 0 Å². The average molecular weight is 212 g/mol. The van der Waals surface area contributed by atoms with E-state index in [0.29, 0.717) is 11.3 Å². The van der Waals surface area contributed by atoms with E-state index in [4.69, 9.17) is 5.11 Å². The lowest BCUT2D eigenvalue weighted by Crippen LogP contribution is -2.09. The van der Waals surface area contributed by atoms with Gasteiger partial charge in [-0.1, -0.05) is 0 Å². The number of hydrogen-bond donors (Lipinski definition) is 1. The van der Waals surface area contributed by atoms with Crippen LogP contribution in [0.5, 0.6) is 0 Å². The van der Waals surface area contributed by atoms with E-state index in [1.165, 1.54) is 18.0 Å². The van der Waals surface area contributed by atoms with E-state index in [1.807, 2.05) is 0 Å². The molecule has 0 bridgehead atoms. The molecule has 82 valence electrons. The number of hydrogen-bond acceptors (Lipinski definition) is 4. The van der Waals surface area contributed by atoms with Gasteiger partial charge in [-0.3, -0.25) is 9.48 Å². The third-order valence-electron chi connectivity index (χ3n) is 2.04. The largest absolute Gasteiger partial charge is 0.481 e. The topological polar surface area (TPSA) is 81.4 Å². The molecular weight excluding hydrogens is 200 g/mol. The number of aromatic nitrogens is 2. The van der Waals surface area contributed by atoms with Crippen LogP contribution >= 0.6 is 0 Å². The predicted molar refractivity (Wildman–Crippen MR) is 50.5 cm³/mol. The molecule has 0 atom stereocenters. The zero-order valence-corrected chi connectivity index (χ0v) is 8.56. The summed E-state index contributed by atoms with van der Waals surface area (Å²) in [5, 5.41) is 12.4. The molecule has 0 unspecified atom stereocenters. The molecule has 6 heteroatoms. The van der Waals surface area contributed by atoms with Crippen LogP contribution in [0.2, 0.25) is 0 Å². The molecule has 0 saturated carbocycles. The highest BCUT2D eigenvalue weighted by atomic mass is 16.5. The fraction of sp³-hybridized carbons (Fsp3) is 0.444. The van der Waals surface area contributed by atoms with Crippen LogP contribution in [0.25, 0.3) is 0 Å². The van der Waals surface area contributed by atoms with Crippen molar-refractivity contribution in [1.29, 1.82) is 0 Å². The molecule has 0 amide bonds. The summed E-state index contributed by atoms with van der Waals surface area (Å²) in [6, 6.07) is 0. The van der Waals surface area contributed by atoms with Gasteiger partial charge in [-0.05, 0) is 0 Å². The summed E-state index contributed by atoms with van der Waals surface area (Å²) in [6.45, 7) is 0. The van der Waals surface area contributed by atoms with E-state index in [9.17, 15) is 9.59 Å². The first-order chi connectivity index (χ1) is 7.06. The maximum Gasteiger partial charge on any atom is 0.341 e. The maximum atomic E-state index is 11.3. The fourth-order valence-electron chi connectivity index (χ4n) is 1.27. The summed E-state index contributed by atoms with van der Waals surface area (Å²) in [7, 11) is 2.93. The number of esters is 1. The van der Waals surface area contributed by atoms with Crippen molar-refractivity contribution in [3.05, 3.63) is 17.5 Å². The number of aryl methyl sites for hydroxylation is 1. The number of ether oxygens (including phenoxy) is 1. The summed E-state index contributed by atoms with van der Waals surface area (Å²) >= 11 is 0. The first kappa shape index (κ1) is 11.2. The van der Waals surface area contributed by atoms with Gasteiger partial charge in [0.2, 0.25) is 0 Å². The second-order valence-electron chi connectivity index (χ2n) is 3.01. The number of methoxy groups -OCH3 is 1. The molecule has 0 radical (unpaired) electrons. The van der Waals surface area contributed by atoms with Crippen molar-refractivity contribution in [3.63, 3.8) is 0 Å². The zero-order chi connectivity index (χ0) is 11.4. The van der Waals surface area contributed by atoms with Crippen LogP contribution in [-0.4, -0.2) is 33.9 Å². The van der Waals surface area contributed by atoms with Gasteiger partial charge >= 0.3 is 11.9 Å². The Labute approximate surface area is 86.5 Å². The summed E-state index contributed by atoms with van der Waals surface area (Å²) < 4.78 is 6.04. The third kappa shape index (κ3) is 2.55. The van der Waals surface area contributed by atoms with E-state index in [-0.39, 0.29) is 12.8 Å². The quantitative estimate of drug-likeness (QED) is 0.722. The molecule has 0 fully saturated rings. The molecule has 1 rings (SSSR count). The lowest BCUT2D eigenvalue weighted by Gasteiger charge is -2.02. The van der Waals surface area contributed by atoms with Gasteiger partial charge < -0.3 is 9.84 Å². The SMILES string of the molecule is COC(=O)c1cnn(C)c1CCC(=O)O. The minimum absolute atomic E-state index is 0.0382. The van der Waals surface area contributed by atoms with Gasteiger partial charge in [0.1, 0.15) is 5.56 Å². The molecule has 0 aliphatic rings. The number of rotatable bonds is 4. The van der Waals surface area contributed by atoms with E-state index in [0.717, 1.165) is 0 Å². The number of carboxylic acid groups (broad SMARTS) is 1. The van der Waals surface area contributed by atoms with Crippen molar-refractivity contribution in [2.75, 3.05) is 7.11 Å². The minimum Gasteiger partial charge on any atom is -0.481 e. The Hall–Kier alpha value is -1.85. The molecule has 1 heterocycles. The number of carboxylic acids is 1. The van der Waals surface area contributed by atoms with Crippen molar-refractivity contribution >= 4 is 11.9 Å². The summed E-state index contributed by atoms with van der Waals surface area (Å²) in [5.74, 6) is -1.41. The van der Waals surface area contributed by atoms with Crippen molar-refractivity contribution in [3.8, 4) is 0 Å². The number of carbonyl (C=O) groups excluding carboxylic acids is 1. The van der Waals surface area contributed by atoms with Crippen molar-refractivity contribution < 1.29 is 19.4 Å². The lowest BCUT2D eigenvalue weighted by molar-refractivity contribution is -0.137. The van der Waals surface area contributed by atoms with Crippen LogP contribution in [0.1, 0.15) is 22.5 Å². The molecule has 0 saturated heterocycles. The van der Waals surface area contributed by atoms with Crippen LogP contribution in [0, 0.1) is 0 Å². The van der Waals surface area contributed by atoms with Gasteiger partial charge in [-0.15, -0.1) is 0 Å². The third-order valence-corrected chi connectivity index (χ3v) is 2.04. The van der Waals surface area contributed by atoms with Gasteiger partial charge in [0.15, 0.2) is 0 Å². The van der Waals surface area contributed by atoms with Crippen LogP contribution in [0.15, 0.2) is 6.20 Å². The summed E-state index contributed by atoms with van der Waals surface area (Å²) in [4.78, 5) is 21.7. The summed E-state index contributed by atoms with van der Waals surface area (Å²) in [5.41, 5.74) is 0.894. The Balaban J connectivity index is 2.89. The molecule has 0 aliphatic carbocycles. The molecule has 0 aliphatic heterocycles. The molecular formula is C9H12N2O4. The van der Waals surface area contributed by atoms with E-state index in [1.54, 1.807) is 7.05 Å². The standard InChI is InChI=1S/C9H12N2O4/c1-11-7(3-4-8(12)13)6(5-10-11)9(14)15-2/h5H,3-4H2,1-2H3,(H,12,13). The van der Waals surface area contributed by atoms with Crippen molar-refractivity contribution in [1.82, 2.24) is 9.78 Å². The highest BCUT2D eigenvalue weighted by molar-refractivity contribution is 5.90. The number of nitrogens with zero attached hydrogens (tertiary/aromatic N) is 2. The van der Waals surface area contributed by atoms with Crippen molar-refractivity contribution in [2.24, 2.45) is 7.05 Å². The Kier molecular flexibility index (Phi) is 3.43. The van der Waals surface area contributed by atoms with Gasteiger partial charge in [0.25, 0.3) is 0 Å². The van der Waals surface area contributed by atoms with Crippen LogP contribution in [0.3, 0.4) is 0 Å². The first-order valence-electron chi connectivity index (χ1n) is 4.37. The van der Waals surface area contributed by atoms with Crippen LogP contribution in [0.4, 0.5) is 0 Å². The summed E-state index contributed by atoms with van der Waals surface area (Å²) in [6.07, 6.45) is 1.60. The molecule has 1 aromatic heterocycles. The van der Waals surface area contributed by atoms with Gasteiger partial charge in [-0.2, -0.15) is 5.10 Å². The Morgan fingerprint density at radius 3 is 2.80 bits per heavy atom. The maximum absolute atomic E-state index is 11.3. The van der Waals surface area contributed by atoms with Gasteiger partial charge in [-0.25, -0.2) is 4.79 Å². The monoisotopic (exact) mass is 212 g/mol. The highest BCUT2D eigenvalue weighted by Gasteiger charge is 2.16. The van der Waals surface area contributed by atoms with E-state index in [2.05, 4.69) is 9.84 Å². The number of aliphatic carboxylic acids is 1. The molecule has 1 aromatic rings. The predicted octanol–water partition coefficient (Wildman–Crippen LogP) is 0.224. The molecule has 1 N–H and O–H groups in total.